The molecule has 2 heterocycles. The van der Waals surface area contributed by atoms with E-state index in [-0.39, 0.29) is 6.04 Å². The average Bonchev–Trinajstić information content (AvgIpc) is 2.99. The van der Waals surface area contributed by atoms with E-state index in [0.717, 1.165) is 16.9 Å². The first-order valence-electron chi connectivity index (χ1n) is 6.55. The minimum absolute atomic E-state index is 0.132. The van der Waals surface area contributed by atoms with Crippen LogP contribution in [0.2, 0.25) is 0 Å². The molecule has 0 aliphatic heterocycles. The summed E-state index contributed by atoms with van der Waals surface area (Å²) in [5.41, 5.74) is 5.33. The quantitative estimate of drug-likeness (QED) is 0.570. The van der Waals surface area contributed by atoms with E-state index in [1.54, 1.807) is 11.3 Å². The Morgan fingerprint density at radius 1 is 1.25 bits per heavy atom. The molecule has 1 aromatic carbocycles. The summed E-state index contributed by atoms with van der Waals surface area (Å²) in [6, 6.07) is 10.6. The highest BCUT2D eigenvalue weighted by atomic mass is 32.1. The summed E-state index contributed by atoms with van der Waals surface area (Å²) in [4.78, 5) is 7.31. The maximum atomic E-state index is 5.74. The molecule has 0 saturated heterocycles. The second-order valence-electron chi connectivity index (χ2n) is 4.89. The molecular weight excluding hydrogens is 286 g/mol. The number of fused-ring (bicyclic) bond motifs is 1. The van der Waals surface area contributed by atoms with E-state index in [2.05, 4.69) is 48.5 Å². The van der Waals surface area contributed by atoms with Crippen molar-refractivity contribution in [1.82, 2.24) is 10.4 Å². The highest BCUT2D eigenvalue weighted by Gasteiger charge is 2.16. The van der Waals surface area contributed by atoms with Crippen LogP contribution < -0.4 is 11.3 Å². The largest absolute Gasteiger partial charge is 0.271 e. The minimum Gasteiger partial charge on any atom is -0.271 e. The molecule has 2 aromatic heterocycles. The minimum atomic E-state index is 0.132. The fraction of sp³-hybridized carbons (Fsp3) is 0.267. The van der Waals surface area contributed by atoms with Crippen molar-refractivity contribution in [3.63, 3.8) is 0 Å². The lowest BCUT2D eigenvalue weighted by molar-refractivity contribution is 0.559. The van der Waals surface area contributed by atoms with Crippen LogP contribution in [0.1, 0.15) is 26.4 Å². The third-order valence-corrected chi connectivity index (χ3v) is 5.77. The molecule has 0 fully saturated rings. The zero-order valence-electron chi connectivity index (χ0n) is 11.5. The molecule has 3 N–H and O–H groups in total. The molecule has 0 bridgehead atoms. The predicted molar refractivity (Wildman–Crippen MR) is 87.2 cm³/mol. The van der Waals surface area contributed by atoms with E-state index in [1.807, 2.05) is 17.4 Å². The second-order valence-corrected chi connectivity index (χ2v) is 7.29. The maximum Gasteiger partial charge on any atom is 0.0958 e. The number of hydrogen-bond acceptors (Lipinski definition) is 5. The van der Waals surface area contributed by atoms with Gasteiger partial charge < -0.3 is 0 Å². The molecule has 0 amide bonds. The van der Waals surface area contributed by atoms with Gasteiger partial charge in [-0.2, -0.15) is 0 Å². The molecule has 0 radical (unpaired) electrons. The number of aromatic nitrogens is 1. The van der Waals surface area contributed by atoms with Gasteiger partial charge in [-0.3, -0.25) is 11.3 Å². The van der Waals surface area contributed by atoms with Gasteiger partial charge in [0.2, 0.25) is 0 Å². The predicted octanol–water partition coefficient (Wildman–Crippen LogP) is 3.72. The lowest BCUT2D eigenvalue weighted by Gasteiger charge is -2.12. The van der Waals surface area contributed by atoms with Crippen molar-refractivity contribution in [2.24, 2.45) is 5.84 Å². The zero-order chi connectivity index (χ0) is 14.1. The lowest BCUT2D eigenvalue weighted by atomic mass is 10.1. The fourth-order valence-corrected chi connectivity index (χ4v) is 4.31. The molecule has 3 aromatic rings. The molecule has 1 atom stereocenters. The molecular formula is C15H17N3S2. The van der Waals surface area contributed by atoms with Crippen LogP contribution >= 0.6 is 22.7 Å². The molecule has 0 aliphatic carbocycles. The number of aryl methyl sites for hydroxylation is 2. The number of thiazole rings is 1. The molecule has 0 aliphatic rings. The summed E-state index contributed by atoms with van der Waals surface area (Å²) in [5, 5.41) is 1.12. The Hall–Kier alpha value is -1.27. The number of hydrazine groups is 1. The van der Waals surface area contributed by atoms with E-state index in [1.165, 1.54) is 20.0 Å². The Bertz CT molecular complexity index is 677. The Balaban J connectivity index is 1.87. The van der Waals surface area contributed by atoms with Crippen molar-refractivity contribution in [3.8, 4) is 0 Å². The van der Waals surface area contributed by atoms with Crippen LogP contribution in [-0.4, -0.2) is 4.98 Å². The number of para-hydroxylation sites is 1. The van der Waals surface area contributed by atoms with Gasteiger partial charge in [0.05, 0.1) is 21.3 Å². The van der Waals surface area contributed by atoms with Gasteiger partial charge in [-0.15, -0.1) is 22.7 Å². The van der Waals surface area contributed by atoms with Crippen LogP contribution in [-0.2, 0) is 6.42 Å². The van der Waals surface area contributed by atoms with Crippen molar-refractivity contribution in [2.45, 2.75) is 26.3 Å². The Kier molecular flexibility index (Phi) is 3.85. The molecule has 20 heavy (non-hydrogen) atoms. The van der Waals surface area contributed by atoms with Gasteiger partial charge in [0.25, 0.3) is 0 Å². The molecule has 104 valence electrons. The standard InChI is InChI=1S/C15H17N3S2/c1-9-7-14(19-10(9)2)12(18-16)8-15-17-11-5-3-4-6-13(11)20-15/h3-7,12,18H,8,16H2,1-2H3. The van der Waals surface area contributed by atoms with Crippen molar-refractivity contribution in [2.75, 3.05) is 0 Å². The Labute approximate surface area is 126 Å². The molecule has 5 heteroatoms. The summed E-state index contributed by atoms with van der Waals surface area (Å²) in [6.45, 7) is 4.29. The second kappa shape index (κ2) is 5.61. The van der Waals surface area contributed by atoms with E-state index in [0.29, 0.717) is 0 Å². The van der Waals surface area contributed by atoms with E-state index < -0.39 is 0 Å². The zero-order valence-corrected chi connectivity index (χ0v) is 13.1. The van der Waals surface area contributed by atoms with Crippen molar-refractivity contribution < 1.29 is 0 Å². The highest BCUT2D eigenvalue weighted by molar-refractivity contribution is 7.18. The number of rotatable bonds is 4. The van der Waals surface area contributed by atoms with Crippen molar-refractivity contribution in [1.29, 1.82) is 0 Å². The van der Waals surface area contributed by atoms with Gasteiger partial charge in [-0.1, -0.05) is 12.1 Å². The smallest absolute Gasteiger partial charge is 0.0958 e. The number of nitrogens with zero attached hydrogens (tertiary/aromatic N) is 1. The van der Waals surface area contributed by atoms with E-state index in [4.69, 9.17) is 5.84 Å². The summed E-state index contributed by atoms with van der Waals surface area (Å²) in [5.74, 6) is 5.74. The van der Waals surface area contributed by atoms with Gasteiger partial charge in [-0.25, -0.2) is 4.98 Å². The number of nitrogens with two attached hydrogens (primary N) is 1. The van der Waals surface area contributed by atoms with Crippen LogP contribution in [0.25, 0.3) is 10.2 Å². The fourth-order valence-electron chi connectivity index (χ4n) is 2.20. The van der Waals surface area contributed by atoms with E-state index in [9.17, 15) is 0 Å². The monoisotopic (exact) mass is 303 g/mol. The van der Waals surface area contributed by atoms with Gasteiger partial charge >= 0.3 is 0 Å². The van der Waals surface area contributed by atoms with Crippen molar-refractivity contribution in [3.05, 3.63) is 50.7 Å². The summed E-state index contributed by atoms with van der Waals surface area (Å²) in [6.07, 6.45) is 0.829. The number of thiophene rings is 1. The van der Waals surface area contributed by atoms with Crippen LogP contribution in [0, 0.1) is 13.8 Å². The number of benzene rings is 1. The molecule has 0 saturated carbocycles. The summed E-state index contributed by atoms with van der Waals surface area (Å²) < 4.78 is 1.23. The number of nitrogens with one attached hydrogen (secondary N) is 1. The molecule has 0 spiro atoms. The summed E-state index contributed by atoms with van der Waals surface area (Å²) in [7, 11) is 0. The van der Waals surface area contributed by atoms with Gasteiger partial charge in [-0.05, 0) is 37.6 Å². The Morgan fingerprint density at radius 3 is 2.70 bits per heavy atom. The molecule has 3 nitrogen and oxygen atoms in total. The van der Waals surface area contributed by atoms with Gasteiger partial charge in [0.1, 0.15) is 0 Å². The topological polar surface area (TPSA) is 50.9 Å². The molecule has 3 rings (SSSR count). The Morgan fingerprint density at radius 2 is 2.05 bits per heavy atom. The SMILES string of the molecule is Cc1cc(C(Cc2nc3ccccc3s2)NN)sc1C. The first kappa shape index (κ1) is 13.7. The first-order valence-corrected chi connectivity index (χ1v) is 8.18. The average molecular weight is 303 g/mol. The number of hydrogen-bond donors (Lipinski definition) is 2. The van der Waals surface area contributed by atoms with Crippen LogP contribution in [0.15, 0.2) is 30.3 Å². The lowest BCUT2D eigenvalue weighted by Crippen LogP contribution is -2.28. The highest BCUT2D eigenvalue weighted by Crippen LogP contribution is 2.30. The summed E-state index contributed by atoms with van der Waals surface area (Å²) >= 11 is 3.55. The molecule has 1 unspecified atom stereocenters. The van der Waals surface area contributed by atoms with Gasteiger partial charge in [0, 0.05) is 16.2 Å². The maximum absolute atomic E-state index is 5.74. The normalized spacial score (nSPS) is 12.9. The van der Waals surface area contributed by atoms with Crippen LogP contribution in [0.3, 0.4) is 0 Å². The van der Waals surface area contributed by atoms with Crippen molar-refractivity contribution >= 4 is 32.9 Å². The van der Waals surface area contributed by atoms with E-state index >= 15 is 0 Å². The third-order valence-electron chi connectivity index (χ3n) is 3.45. The first-order chi connectivity index (χ1) is 9.67. The van der Waals surface area contributed by atoms with Crippen LogP contribution in [0.4, 0.5) is 0 Å². The third kappa shape index (κ3) is 2.62. The van der Waals surface area contributed by atoms with Gasteiger partial charge in [0.15, 0.2) is 0 Å². The van der Waals surface area contributed by atoms with Crippen LogP contribution in [0.5, 0.6) is 0 Å².